The van der Waals surface area contributed by atoms with Crippen molar-refractivity contribution in [1.82, 2.24) is 10.2 Å². The molecule has 0 aromatic heterocycles. The quantitative estimate of drug-likeness (QED) is 0.267. The number of carbonyl (C=O) groups is 2. The first kappa shape index (κ1) is 28.6. The Labute approximate surface area is 243 Å². The van der Waals surface area contributed by atoms with E-state index in [9.17, 15) is 9.59 Å². The Kier molecular flexibility index (Phi) is 10.2. The van der Waals surface area contributed by atoms with Crippen molar-refractivity contribution in [2.24, 2.45) is 0 Å². The molecule has 1 unspecified atom stereocenters. The summed E-state index contributed by atoms with van der Waals surface area (Å²) in [4.78, 5) is 29.0. The second-order valence-corrected chi connectivity index (χ2v) is 11.0. The third-order valence-electron chi connectivity index (χ3n) is 6.55. The third-order valence-corrected chi connectivity index (χ3v) is 7.82. The topological polar surface area (TPSA) is 58.6 Å². The molecule has 9 heteroatoms. The molecule has 0 bridgehead atoms. The molecule has 38 heavy (non-hydrogen) atoms. The van der Waals surface area contributed by atoms with Crippen LogP contribution in [0, 0.1) is 0 Å². The molecule has 1 fully saturated rings. The average molecular weight is 594 g/mol. The highest BCUT2D eigenvalue weighted by Crippen LogP contribution is 2.28. The Morgan fingerprint density at radius 3 is 2.29 bits per heavy atom. The predicted molar refractivity (Wildman–Crippen MR) is 153 cm³/mol. The van der Waals surface area contributed by atoms with Crippen molar-refractivity contribution in [3.05, 3.63) is 97.9 Å². The maximum Gasteiger partial charge on any atom is 0.261 e. The van der Waals surface area contributed by atoms with E-state index in [4.69, 9.17) is 51.1 Å². The molecule has 1 N–H and O–H groups in total. The van der Waals surface area contributed by atoms with Gasteiger partial charge in [0.1, 0.15) is 11.8 Å². The lowest BCUT2D eigenvalue weighted by Gasteiger charge is -2.32. The zero-order valence-electron chi connectivity index (χ0n) is 20.6. The van der Waals surface area contributed by atoms with Crippen molar-refractivity contribution in [1.29, 1.82) is 0 Å². The van der Waals surface area contributed by atoms with Gasteiger partial charge in [-0.05, 0) is 54.3 Å². The van der Waals surface area contributed by atoms with E-state index in [1.54, 1.807) is 41.3 Å². The summed E-state index contributed by atoms with van der Waals surface area (Å²) in [5, 5.41) is 4.71. The number of hydrogen-bond donors (Lipinski definition) is 1. The van der Waals surface area contributed by atoms with Gasteiger partial charge < -0.3 is 15.0 Å². The number of ether oxygens (including phenoxy) is 1. The molecular formula is C29H28Cl4N2O3. The van der Waals surface area contributed by atoms with E-state index < -0.39 is 6.04 Å². The van der Waals surface area contributed by atoms with Gasteiger partial charge in [0, 0.05) is 24.0 Å². The maximum atomic E-state index is 13.7. The number of benzene rings is 3. The van der Waals surface area contributed by atoms with Gasteiger partial charge in [-0.2, -0.15) is 0 Å². The van der Waals surface area contributed by atoms with Crippen LogP contribution in [0.2, 0.25) is 20.1 Å². The Bertz CT molecular complexity index is 1270. The highest BCUT2D eigenvalue weighted by atomic mass is 35.5. The van der Waals surface area contributed by atoms with Crippen molar-refractivity contribution < 1.29 is 14.3 Å². The van der Waals surface area contributed by atoms with Crippen LogP contribution in [-0.4, -0.2) is 35.4 Å². The predicted octanol–water partition coefficient (Wildman–Crippen LogP) is 7.38. The summed E-state index contributed by atoms with van der Waals surface area (Å²) in [5.41, 5.74) is 1.68. The molecule has 3 aromatic carbocycles. The molecule has 1 atom stereocenters. The first-order valence-electron chi connectivity index (χ1n) is 12.5. The van der Waals surface area contributed by atoms with Crippen molar-refractivity contribution in [3.63, 3.8) is 0 Å². The lowest BCUT2D eigenvalue weighted by atomic mass is 10.0. The van der Waals surface area contributed by atoms with Crippen LogP contribution in [0.3, 0.4) is 0 Å². The number of halogens is 4. The molecule has 0 spiro atoms. The van der Waals surface area contributed by atoms with Gasteiger partial charge in [-0.3, -0.25) is 9.59 Å². The zero-order chi connectivity index (χ0) is 27.1. The minimum Gasteiger partial charge on any atom is -0.482 e. The Hall–Kier alpha value is -2.44. The first-order valence-corrected chi connectivity index (χ1v) is 14.0. The molecule has 0 radical (unpaired) electrons. The Balaban J connectivity index is 1.63. The van der Waals surface area contributed by atoms with Crippen LogP contribution < -0.4 is 10.1 Å². The van der Waals surface area contributed by atoms with Crippen molar-refractivity contribution in [2.45, 2.75) is 50.7 Å². The third kappa shape index (κ3) is 7.79. The van der Waals surface area contributed by atoms with Crippen LogP contribution in [-0.2, 0) is 22.6 Å². The summed E-state index contributed by atoms with van der Waals surface area (Å²) >= 11 is 24.6. The first-order chi connectivity index (χ1) is 18.3. The fraction of sp³-hybridized carbons (Fsp3) is 0.310. The maximum absolute atomic E-state index is 13.7. The molecule has 4 rings (SSSR count). The highest BCUT2D eigenvalue weighted by molar-refractivity contribution is 6.42. The van der Waals surface area contributed by atoms with Crippen LogP contribution in [0.1, 0.15) is 36.8 Å². The molecule has 3 aromatic rings. The summed E-state index contributed by atoms with van der Waals surface area (Å²) < 4.78 is 5.77. The van der Waals surface area contributed by atoms with Crippen LogP contribution in [0.4, 0.5) is 0 Å². The van der Waals surface area contributed by atoms with Gasteiger partial charge in [-0.25, -0.2) is 0 Å². The van der Waals surface area contributed by atoms with E-state index in [-0.39, 0.29) is 31.0 Å². The molecule has 0 heterocycles. The van der Waals surface area contributed by atoms with Gasteiger partial charge in [0.15, 0.2) is 6.61 Å². The van der Waals surface area contributed by atoms with E-state index >= 15 is 0 Å². The fourth-order valence-electron chi connectivity index (χ4n) is 4.57. The largest absolute Gasteiger partial charge is 0.482 e. The second kappa shape index (κ2) is 13.6. The molecule has 1 aliphatic carbocycles. The van der Waals surface area contributed by atoms with Gasteiger partial charge in [0.05, 0.1) is 15.1 Å². The molecule has 1 saturated carbocycles. The van der Waals surface area contributed by atoms with Gasteiger partial charge in [-0.1, -0.05) is 95.6 Å². The zero-order valence-corrected chi connectivity index (χ0v) is 23.7. The minimum atomic E-state index is -0.774. The smallest absolute Gasteiger partial charge is 0.261 e. The number of amides is 2. The molecular weight excluding hydrogens is 566 g/mol. The number of carbonyl (C=O) groups excluding carboxylic acids is 2. The fourth-order valence-corrected chi connectivity index (χ4v) is 5.35. The summed E-state index contributed by atoms with van der Waals surface area (Å²) in [5.74, 6) is -0.239. The van der Waals surface area contributed by atoms with Crippen molar-refractivity contribution in [3.8, 4) is 5.75 Å². The number of hydrogen-bond acceptors (Lipinski definition) is 3. The summed E-state index contributed by atoms with van der Waals surface area (Å²) in [7, 11) is 0. The van der Waals surface area contributed by atoms with Crippen LogP contribution >= 0.6 is 46.4 Å². The van der Waals surface area contributed by atoms with E-state index in [0.29, 0.717) is 32.3 Å². The highest BCUT2D eigenvalue weighted by Gasteiger charge is 2.32. The van der Waals surface area contributed by atoms with E-state index in [1.807, 2.05) is 30.3 Å². The van der Waals surface area contributed by atoms with E-state index in [2.05, 4.69) is 5.32 Å². The molecule has 200 valence electrons. The van der Waals surface area contributed by atoms with Crippen LogP contribution in [0.25, 0.3) is 0 Å². The monoisotopic (exact) mass is 592 g/mol. The Morgan fingerprint density at radius 2 is 1.61 bits per heavy atom. The lowest BCUT2D eigenvalue weighted by Crippen LogP contribution is -2.53. The summed E-state index contributed by atoms with van der Waals surface area (Å²) in [6.45, 7) is -0.173. The molecule has 1 aliphatic rings. The standard InChI is InChI=1S/C29H28Cl4N2O3/c30-21-11-13-27(25(33)16-21)38-18-28(36)35(17-20-10-12-23(31)24(32)14-20)26(15-19-6-2-1-3-7-19)29(37)34-22-8-4-5-9-22/h1-3,6-7,10-14,16,22,26H,4-5,8-9,15,17-18H2,(H,34,37). The number of nitrogens with zero attached hydrogens (tertiary/aromatic N) is 1. The Morgan fingerprint density at radius 1 is 0.868 bits per heavy atom. The SMILES string of the molecule is O=C(NC1CCCC1)C(Cc1ccccc1)N(Cc1ccc(Cl)c(Cl)c1)C(=O)COc1ccc(Cl)cc1Cl. The molecule has 2 amide bonds. The number of rotatable bonds is 10. The molecule has 0 saturated heterocycles. The normalized spacial score (nSPS) is 14.2. The summed E-state index contributed by atoms with van der Waals surface area (Å²) in [6.07, 6.45) is 4.37. The lowest BCUT2D eigenvalue weighted by molar-refractivity contribution is -0.143. The molecule has 0 aliphatic heterocycles. The van der Waals surface area contributed by atoms with Gasteiger partial charge >= 0.3 is 0 Å². The second-order valence-electron chi connectivity index (χ2n) is 9.33. The van der Waals surface area contributed by atoms with Crippen LogP contribution in [0.15, 0.2) is 66.7 Å². The van der Waals surface area contributed by atoms with Gasteiger partial charge in [-0.15, -0.1) is 0 Å². The van der Waals surface area contributed by atoms with Crippen LogP contribution in [0.5, 0.6) is 5.75 Å². The van der Waals surface area contributed by atoms with E-state index in [1.165, 1.54) is 0 Å². The van der Waals surface area contributed by atoms with Gasteiger partial charge in [0.25, 0.3) is 5.91 Å². The number of nitrogens with one attached hydrogen (secondary N) is 1. The van der Waals surface area contributed by atoms with Gasteiger partial charge in [0.2, 0.25) is 5.91 Å². The van der Waals surface area contributed by atoms with E-state index in [0.717, 1.165) is 36.8 Å². The average Bonchev–Trinajstić information content (AvgIpc) is 3.41. The molecule has 5 nitrogen and oxygen atoms in total. The van der Waals surface area contributed by atoms with Crippen molar-refractivity contribution >= 4 is 58.2 Å². The summed E-state index contributed by atoms with van der Waals surface area (Å²) in [6, 6.07) is 18.9. The minimum absolute atomic E-state index is 0.104. The van der Waals surface area contributed by atoms with Crippen molar-refractivity contribution in [2.75, 3.05) is 6.61 Å².